The van der Waals surface area contributed by atoms with Crippen molar-refractivity contribution < 1.29 is 27.4 Å². The summed E-state index contributed by atoms with van der Waals surface area (Å²) in [5, 5.41) is 2.77. The number of carbonyl (C=O) groups is 1. The minimum Gasteiger partial charge on any atom is -0.495 e. The number of nitrogens with one attached hydrogen (secondary N) is 1. The van der Waals surface area contributed by atoms with Crippen LogP contribution >= 0.6 is 0 Å². The van der Waals surface area contributed by atoms with Gasteiger partial charge in [0.2, 0.25) is 5.91 Å². The van der Waals surface area contributed by atoms with Crippen molar-refractivity contribution in [1.82, 2.24) is 0 Å². The zero-order valence-corrected chi connectivity index (χ0v) is 20.0. The molecule has 0 saturated carbocycles. The standard InChI is InChI=1S/C25H26N2O6S/c1-17-4-7-19(8-5-17)27(16-25(28)26-21-14-18(2)6-10-22(21)31-3)34(29,30)20-9-11-23-24(15-20)33-13-12-32-23/h4-11,14-15H,12-13,16H2,1-3H3,(H,26,28). The van der Waals surface area contributed by atoms with Crippen molar-refractivity contribution in [2.45, 2.75) is 18.7 Å². The summed E-state index contributed by atoms with van der Waals surface area (Å²) in [4.78, 5) is 13.0. The van der Waals surface area contributed by atoms with Gasteiger partial charge in [0.25, 0.3) is 10.0 Å². The lowest BCUT2D eigenvalue weighted by Gasteiger charge is -2.25. The molecule has 0 radical (unpaired) electrons. The van der Waals surface area contributed by atoms with E-state index in [0.717, 1.165) is 15.4 Å². The molecule has 34 heavy (non-hydrogen) atoms. The Kier molecular flexibility index (Phi) is 6.65. The van der Waals surface area contributed by atoms with E-state index >= 15 is 0 Å². The second-order valence-electron chi connectivity index (χ2n) is 7.90. The van der Waals surface area contributed by atoms with Crippen LogP contribution in [-0.4, -0.2) is 41.2 Å². The number of rotatable bonds is 7. The third-order valence-corrected chi connectivity index (χ3v) is 7.11. The first-order valence-corrected chi connectivity index (χ1v) is 12.2. The van der Waals surface area contributed by atoms with Crippen molar-refractivity contribution in [2.24, 2.45) is 0 Å². The quantitative estimate of drug-likeness (QED) is 0.549. The fourth-order valence-electron chi connectivity index (χ4n) is 3.58. The van der Waals surface area contributed by atoms with Crippen LogP contribution in [0.15, 0.2) is 65.6 Å². The fraction of sp³-hybridized carbons (Fsp3) is 0.240. The van der Waals surface area contributed by atoms with E-state index in [4.69, 9.17) is 14.2 Å². The summed E-state index contributed by atoms with van der Waals surface area (Å²) in [5.41, 5.74) is 2.73. The van der Waals surface area contributed by atoms with Crippen LogP contribution < -0.4 is 23.8 Å². The summed E-state index contributed by atoms with van der Waals surface area (Å²) in [6, 6.07) is 16.7. The first-order valence-electron chi connectivity index (χ1n) is 10.7. The summed E-state index contributed by atoms with van der Waals surface area (Å²) in [6.07, 6.45) is 0. The van der Waals surface area contributed by atoms with Gasteiger partial charge < -0.3 is 19.5 Å². The highest BCUT2D eigenvalue weighted by molar-refractivity contribution is 7.92. The average Bonchev–Trinajstić information content (AvgIpc) is 2.83. The van der Waals surface area contributed by atoms with E-state index in [1.165, 1.54) is 19.2 Å². The van der Waals surface area contributed by atoms with Crippen molar-refractivity contribution in [2.75, 3.05) is 36.5 Å². The highest BCUT2D eigenvalue weighted by atomic mass is 32.2. The third-order valence-electron chi connectivity index (χ3n) is 5.34. The minimum atomic E-state index is -4.11. The summed E-state index contributed by atoms with van der Waals surface area (Å²) in [6.45, 7) is 4.09. The Balaban J connectivity index is 1.68. The molecule has 178 valence electrons. The monoisotopic (exact) mass is 482 g/mol. The fourth-order valence-corrected chi connectivity index (χ4v) is 5.01. The number of anilines is 2. The number of ether oxygens (including phenoxy) is 3. The van der Waals surface area contributed by atoms with Crippen molar-refractivity contribution in [1.29, 1.82) is 0 Å². The Morgan fingerprint density at radius 2 is 1.62 bits per heavy atom. The van der Waals surface area contributed by atoms with Gasteiger partial charge in [0.05, 0.1) is 23.4 Å². The van der Waals surface area contributed by atoms with Gasteiger partial charge in [0, 0.05) is 6.07 Å². The molecule has 0 aliphatic carbocycles. The van der Waals surface area contributed by atoms with Gasteiger partial charge in [-0.05, 0) is 55.8 Å². The summed E-state index contributed by atoms with van der Waals surface area (Å²) >= 11 is 0. The number of fused-ring (bicyclic) bond motifs is 1. The normalized spacial score (nSPS) is 12.7. The lowest BCUT2D eigenvalue weighted by Crippen LogP contribution is -2.38. The summed E-state index contributed by atoms with van der Waals surface area (Å²) in [5.74, 6) is 0.808. The van der Waals surface area contributed by atoms with Crippen molar-refractivity contribution in [3.8, 4) is 17.2 Å². The molecular weight excluding hydrogens is 456 g/mol. The highest BCUT2D eigenvalue weighted by Gasteiger charge is 2.29. The van der Waals surface area contributed by atoms with Crippen molar-refractivity contribution in [3.05, 3.63) is 71.8 Å². The number of methoxy groups -OCH3 is 1. The molecule has 1 heterocycles. The second kappa shape index (κ2) is 9.64. The predicted molar refractivity (Wildman–Crippen MR) is 130 cm³/mol. The van der Waals surface area contributed by atoms with Crippen LogP contribution in [0.1, 0.15) is 11.1 Å². The Hall–Kier alpha value is -3.72. The van der Waals surface area contributed by atoms with Crippen molar-refractivity contribution >= 4 is 27.3 Å². The smallest absolute Gasteiger partial charge is 0.264 e. The maximum absolute atomic E-state index is 13.7. The Labute approximate surface area is 199 Å². The predicted octanol–water partition coefficient (Wildman–Crippen LogP) is 3.92. The van der Waals surface area contributed by atoms with Gasteiger partial charge in [-0.1, -0.05) is 23.8 Å². The molecule has 3 aromatic carbocycles. The van der Waals surface area contributed by atoms with Gasteiger partial charge >= 0.3 is 0 Å². The van der Waals surface area contributed by atoms with Crippen LogP contribution in [-0.2, 0) is 14.8 Å². The first-order chi connectivity index (χ1) is 16.3. The SMILES string of the molecule is COc1ccc(C)cc1NC(=O)CN(c1ccc(C)cc1)S(=O)(=O)c1ccc2c(c1)OCCO2. The molecule has 0 saturated heterocycles. The lowest BCUT2D eigenvalue weighted by molar-refractivity contribution is -0.114. The van der Waals surface area contributed by atoms with E-state index in [1.807, 2.05) is 19.9 Å². The van der Waals surface area contributed by atoms with E-state index in [0.29, 0.717) is 41.8 Å². The zero-order valence-electron chi connectivity index (χ0n) is 19.2. The number of carbonyl (C=O) groups excluding carboxylic acids is 1. The maximum atomic E-state index is 13.7. The van der Waals surface area contributed by atoms with Crippen LogP contribution in [0.4, 0.5) is 11.4 Å². The number of sulfonamides is 1. The molecule has 8 nitrogen and oxygen atoms in total. The Morgan fingerprint density at radius 1 is 0.941 bits per heavy atom. The largest absolute Gasteiger partial charge is 0.495 e. The molecule has 1 aliphatic heterocycles. The van der Waals surface area contributed by atoms with Crippen LogP contribution in [0.2, 0.25) is 0 Å². The van der Waals surface area contributed by atoms with Gasteiger partial charge in [-0.2, -0.15) is 0 Å². The molecule has 0 bridgehead atoms. The van der Waals surface area contributed by atoms with E-state index in [1.54, 1.807) is 42.5 Å². The first kappa shape index (κ1) is 23.4. The molecule has 4 rings (SSSR count). The zero-order chi connectivity index (χ0) is 24.3. The maximum Gasteiger partial charge on any atom is 0.264 e. The van der Waals surface area contributed by atoms with Gasteiger partial charge in [-0.3, -0.25) is 9.10 Å². The molecule has 1 N–H and O–H groups in total. The molecule has 0 aromatic heterocycles. The average molecular weight is 483 g/mol. The number of aryl methyl sites for hydroxylation is 2. The molecule has 1 amide bonds. The summed E-state index contributed by atoms with van der Waals surface area (Å²) in [7, 11) is -2.60. The Morgan fingerprint density at radius 3 is 2.32 bits per heavy atom. The summed E-state index contributed by atoms with van der Waals surface area (Å²) < 4.78 is 44.8. The molecule has 0 fully saturated rings. The molecule has 0 unspecified atom stereocenters. The Bertz CT molecular complexity index is 1310. The molecule has 0 atom stereocenters. The van der Waals surface area contributed by atoms with Gasteiger partial charge in [0.15, 0.2) is 11.5 Å². The number of hydrogen-bond donors (Lipinski definition) is 1. The van der Waals surface area contributed by atoms with E-state index < -0.39 is 22.5 Å². The molecule has 9 heteroatoms. The van der Waals surface area contributed by atoms with Crippen LogP contribution in [0.3, 0.4) is 0 Å². The number of nitrogens with zero attached hydrogens (tertiary/aromatic N) is 1. The van der Waals surface area contributed by atoms with Gasteiger partial charge in [-0.25, -0.2) is 8.42 Å². The molecule has 1 aliphatic rings. The topological polar surface area (TPSA) is 94.2 Å². The lowest BCUT2D eigenvalue weighted by atomic mass is 10.2. The van der Waals surface area contributed by atoms with Crippen LogP contribution in [0, 0.1) is 13.8 Å². The number of hydrogen-bond acceptors (Lipinski definition) is 6. The number of amides is 1. The van der Waals surface area contributed by atoms with Crippen LogP contribution in [0.25, 0.3) is 0 Å². The number of benzene rings is 3. The highest BCUT2D eigenvalue weighted by Crippen LogP contribution is 2.34. The van der Waals surface area contributed by atoms with Gasteiger partial charge in [0.1, 0.15) is 25.5 Å². The van der Waals surface area contributed by atoms with E-state index in [2.05, 4.69) is 5.32 Å². The van der Waals surface area contributed by atoms with E-state index in [-0.39, 0.29) is 4.90 Å². The van der Waals surface area contributed by atoms with Crippen molar-refractivity contribution in [3.63, 3.8) is 0 Å². The van der Waals surface area contributed by atoms with Gasteiger partial charge in [-0.15, -0.1) is 0 Å². The second-order valence-corrected chi connectivity index (χ2v) is 9.77. The van der Waals surface area contributed by atoms with E-state index in [9.17, 15) is 13.2 Å². The minimum absolute atomic E-state index is 0.00161. The third kappa shape index (κ3) is 4.94. The molecule has 0 spiro atoms. The van der Waals surface area contributed by atoms with Crippen LogP contribution in [0.5, 0.6) is 17.2 Å². The molecular formula is C25H26N2O6S. The molecule has 3 aromatic rings.